The first-order valence-corrected chi connectivity index (χ1v) is 10.0. The molecule has 0 aliphatic rings. The number of rotatable bonds is 3. The van der Waals surface area contributed by atoms with Crippen LogP contribution in [0.2, 0.25) is 0 Å². The second kappa shape index (κ2) is 7.67. The largest absolute Gasteiger partial charge is 0.347 e. The summed E-state index contributed by atoms with van der Waals surface area (Å²) in [5, 5.41) is 7.43. The molecule has 1 amide bonds. The highest BCUT2D eigenvalue weighted by molar-refractivity contribution is 5.96. The zero-order valence-corrected chi connectivity index (χ0v) is 18.7. The molecule has 0 bridgehead atoms. The van der Waals surface area contributed by atoms with E-state index in [1.165, 1.54) is 6.07 Å². The van der Waals surface area contributed by atoms with E-state index in [2.05, 4.69) is 31.2 Å². The number of hydrogen-bond donors (Lipinski definition) is 1. The van der Waals surface area contributed by atoms with Gasteiger partial charge in [0.15, 0.2) is 0 Å². The van der Waals surface area contributed by atoms with E-state index < -0.39 is 0 Å². The SMILES string of the molecule is Cc1ccc(-c2cc(C(=O)NC(C)(C)C)cc(-c3ccnn3C(C)(C)C)n2)cc1F. The molecule has 158 valence electrons. The smallest absolute Gasteiger partial charge is 0.251 e. The van der Waals surface area contributed by atoms with Gasteiger partial charge in [-0.2, -0.15) is 5.10 Å². The summed E-state index contributed by atoms with van der Waals surface area (Å²) in [7, 11) is 0. The van der Waals surface area contributed by atoms with Crippen LogP contribution in [0.3, 0.4) is 0 Å². The Morgan fingerprint density at radius 3 is 2.27 bits per heavy atom. The van der Waals surface area contributed by atoms with Crippen LogP contribution in [0.4, 0.5) is 4.39 Å². The summed E-state index contributed by atoms with van der Waals surface area (Å²) >= 11 is 0. The van der Waals surface area contributed by atoms with Crippen molar-refractivity contribution in [3.05, 3.63) is 59.5 Å². The molecule has 0 radical (unpaired) electrons. The molecular weight excluding hydrogens is 379 g/mol. The van der Waals surface area contributed by atoms with Crippen molar-refractivity contribution in [2.45, 2.75) is 59.5 Å². The van der Waals surface area contributed by atoms with E-state index in [1.807, 2.05) is 37.6 Å². The summed E-state index contributed by atoms with van der Waals surface area (Å²) in [6, 6.07) is 10.3. The fraction of sp³-hybridized carbons (Fsp3) is 0.375. The number of nitrogens with zero attached hydrogens (tertiary/aromatic N) is 3. The van der Waals surface area contributed by atoms with Gasteiger partial charge in [0.05, 0.1) is 22.6 Å². The summed E-state index contributed by atoms with van der Waals surface area (Å²) in [6.45, 7) is 13.7. The van der Waals surface area contributed by atoms with Crippen molar-refractivity contribution >= 4 is 5.91 Å². The maximum Gasteiger partial charge on any atom is 0.251 e. The summed E-state index contributed by atoms with van der Waals surface area (Å²) in [6.07, 6.45) is 1.72. The van der Waals surface area contributed by atoms with Gasteiger partial charge in [0.25, 0.3) is 5.91 Å². The van der Waals surface area contributed by atoms with Crippen LogP contribution >= 0.6 is 0 Å². The van der Waals surface area contributed by atoms with E-state index in [9.17, 15) is 9.18 Å². The summed E-state index contributed by atoms with van der Waals surface area (Å²) in [5.41, 5.74) is 2.93. The highest BCUT2D eigenvalue weighted by Gasteiger charge is 2.22. The molecule has 2 heterocycles. The number of carbonyl (C=O) groups is 1. The van der Waals surface area contributed by atoms with E-state index in [0.29, 0.717) is 28.1 Å². The summed E-state index contributed by atoms with van der Waals surface area (Å²) in [4.78, 5) is 17.7. The first-order chi connectivity index (χ1) is 13.8. The predicted octanol–water partition coefficient (Wildman–Crippen LogP) is 5.34. The predicted molar refractivity (Wildman–Crippen MR) is 118 cm³/mol. The minimum atomic E-state index is -0.385. The Labute approximate surface area is 177 Å². The zero-order valence-electron chi connectivity index (χ0n) is 18.7. The number of benzene rings is 1. The lowest BCUT2D eigenvalue weighted by atomic mass is 10.0. The molecule has 1 N–H and O–H groups in total. The molecule has 0 unspecified atom stereocenters. The Bertz CT molecular complexity index is 1090. The van der Waals surface area contributed by atoms with E-state index in [-0.39, 0.29) is 22.8 Å². The average Bonchev–Trinajstić information content (AvgIpc) is 3.12. The van der Waals surface area contributed by atoms with Crippen molar-refractivity contribution < 1.29 is 9.18 Å². The lowest BCUT2D eigenvalue weighted by Gasteiger charge is -2.23. The van der Waals surface area contributed by atoms with Crippen molar-refractivity contribution in [3.8, 4) is 22.6 Å². The number of hydrogen-bond acceptors (Lipinski definition) is 3. The third kappa shape index (κ3) is 4.75. The molecule has 1 aromatic carbocycles. The van der Waals surface area contributed by atoms with Crippen LogP contribution in [-0.2, 0) is 5.54 Å². The standard InChI is InChI=1S/C24H29FN4O/c1-15-8-9-16(12-18(15)25)19-13-17(22(30)28-23(2,3)4)14-20(27-19)21-10-11-26-29(21)24(5,6)7/h8-14H,1-7H3,(H,28,30). The lowest BCUT2D eigenvalue weighted by molar-refractivity contribution is 0.0919. The quantitative estimate of drug-likeness (QED) is 0.636. The lowest BCUT2D eigenvalue weighted by Crippen LogP contribution is -2.40. The number of halogens is 1. The zero-order chi connectivity index (χ0) is 22.3. The van der Waals surface area contributed by atoms with Gasteiger partial charge in [-0.05, 0) is 78.3 Å². The van der Waals surface area contributed by atoms with Crippen LogP contribution in [0.15, 0.2) is 42.6 Å². The van der Waals surface area contributed by atoms with Crippen molar-refractivity contribution in [2.24, 2.45) is 0 Å². The van der Waals surface area contributed by atoms with E-state index in [1.54, 1.807) is 31.3 Å². The first kappa shape index (κ1) is 21.7. The van der Waals surface area contributed by atoms with Crippen LogP contribution in [-0.4, -0.2) is 26.2 Å². The Morgan fingerprint density at radius 1 is 1.00 bits per heavy atom. The van der Waals surface area contributed by atoms with E-state index in [0.717, 1.165) is 5.69 Å². The number of amides is 1. The first-order valence-electron chi connectivity index (χ1n) is 10.0. The molecule has 0 aliphatic heterocycles. The van der Waals surface area contributed by atoms with Crippen LogP contribution in [0, 0.1) is 12.7 Å². The van der Waals surface area contributed by atoms with Crippen LogP contribution in [0.1, 0.15) is 57.5 Å². The van der Waals surface area contributed by atoms with Gasteiger partial charge in [-0.25, -0.2) is 9.37 Å². The normalized spacial score (nSPS) is 12.1. The number of carbonyl (C=O) groups excluding carboxylic acids is 1. The number of pyridine rings is 1. The van der Waals surface area contributed by atoms with Crippen molar-refractivity contribution in [3.63, 3.8) is 0 Å². The Balaban J connectivity index is 2.20. The molecule has 6 heteroatoms. The minimum Gasteiger partial charge on any atom is -0.347 e. The summed E-state index contributed by atoms with van der Waals surface area (Å²) < 4.78 is 16.1. The fourth-order valence-electron chi connectivity index (χ4n) is 3.14. The molecule has 3 rings (SSSR count). The molecule has 0 aliphatic carbocycles. The Hall–Kier alpha value is -3.02. The maximum atomic E-state index is 14.2. The molecular formula is C24H29FN4O. The highest BCUT2D eigenvalue weighted by Crippen LogP contribution is 2.29. The number of nitrogens with one attached hydrogen (secondary N) is 1. The fourth-order valence-corrected chi connectivity index (χ4v) is 3.14. The molecule has 0 atom stereocenters. The molecule has 0 saturated carbocycles. The van der Waals surface area contributed by atoms with Crippen molar-refractivity contribution in [1.82, 2.24) is 20.1 Å². The maximum absolute atomic E-state index is 14.2. The van der Waals surface area contributed by atoms with Gasteiger partial charge in [0.1, 0.15) is 5.82 Å². The second-order valence-electron chi connectivity index (χ2n) is 9.59. The van der Waals surface area contributed by atoms with Gasteiger partial charge in [-0.1, -0.05) is 12.1 Å². The Morgan fingerprint density at radius 2 is 1.67 bits per heavy atom. The van der Waals surface area contributed by atoms with Gasteiger partial charge in [0.2, 0.25) is 0 Å². The third-order valence-electron chi connectivity index (χ3n) is 4.58. The van der Waals surface area contributed by atoms with Crippen molar-refractivity contribution in [2.75, 3.05) is 0 Å². The van der Waals surface area contributed by atoms with Gasteiger partial charge in [-0.15, -0.1) is 0 Å². The topological polar surface area (TPSA) is 59.8 Å². The molecule has 3 aromatic rings. The van der Waals surface area contributed by atoms with E-state index in [4.69, 9.17) is 4.98 Å². The Kier molecular flexibility index (Phi) is 5.54. The van der Waals surface area contributed by atoms with Gasteiger partial charge < -0.3 is 5.32 Å². The minimum absolute atomic E-state index is 0.207. The van der Waals surface area contributed by atoms with Gasteiger partial charge in [0, 0.05) is 22.9 Å². The van der Waals surface area contributed by atoms with Crippen LogP contribution in [0.25, 0.3) is 22.6 Å². The second-order valence-corrected chi connectivity index (χ2v) is 9.59. The number of aromatic nitrogens is 3. The molecule has 0 spiro atoms. The third-order valence-corrected chi connectivity index (χ3v) is 4.58. The van der Waals surface area contributed by atoms with Crippen LogP contribution in [0.5, 0.6) is 0 Å². The molecule has 2 aromatic heterocycles. The average molecular weight is 409 g/mol. The molecule has 0 fully saturated rings. The molecule has 0 saturated heterocycles. The monoisotopic (exact) mass is 408 g/mol. The highest BCUT2D eigenvalue weighted by atomic mass is 19.1. The van der Waals surface area contributed by atoms with E-state index >= 15 is 0 Å². The summed E-state index contributed by atoms with van der Waals surface area (Å²) in [5.74, 6) is -0.512. The van der Waals surface area contributed by atoms with Crippen molar-refractivity contribution in [1.29, 1.82) is 0 Å². The molecule has 5 nitrogen and oxygen atoms in total. The van der Waals surface area contributed by atoms with Crippen LogP contribution < -0.4 is 5.32 Å². The number of aryl methyl sites for hydroxylation is 1. The van der Waals surface area contributed by atoms with Gasteiger partial charge >= 0.3 is 0 Å². The van der Waals surface area contributed by atoms with Gasteiger partial charge in [-0.3, -0.25) is 9.48 Å². The molecule has 30 heavy (non-hydrogen) atoms.